The molecule has 2 aromatic heterocycles. The van der Waals surface area contributed by atoms with E-state index in [4.69, 9.17) is 4.98 Å². The number of urea groups is 1. The van der Waals surface area contributed by atoms with Gasteiger partial charge in [0.2, 0.25) is 0 Å². The highest BCUT2D eigenvalue weighted by Gasteiger charge is 2.33. The summed E-state index contributed by atoms with van der Waals surface area (Å²) in [5, 5.41) is 12.3. The van der Waals surface area contributed by atoms with Gasteiger partial charge >= 0.3 is 6.03 Å². The summed E-state index contributed by atoms with van der Waals surface area (Å²) >= 11 is 1.64. The Morgan fingerprint density at radius 3 is 2.82 bits per heavy atom. The van der Waals surface area contributed by atoms with Gasteiger partial charge in [-0.05, 0) is 26.7 Å². The summed E-state index contributed by atoms with van der Waals surface area (Å²) in [6, 6.07) is 9.94. The summed E-state index contributed by atoms with van der Waals surface area (Å²) in [4.78, 5) is 20.6. The van der Waals surface area contributed by atoms with Crippen LogP contribution in [0, 0.1) is 6.92 Å². The van der Waals surface area contributed by atoms with E-state index in [2.05, 4.69) is 27.6 Å². The highest BCUT2D eigenvalue weighted by Crippen LogP contribution is 2.33. The molecule has 8 heteroatoms. The number of carbonyl (C=O) groups is 1. The highest BCUT2D eigenvalue weighted by atomic mass is 32.1. The Bertz CT molecular complexity index is 966. The maximum Gasteiger partial charge on any atom is 0.318 e. The Kier molecular flexibility index (Phi) is 5.13. The van der Waals surface area contributed by atoms with Gasteiger partial charge in [0.15, 0.2) is 5.82 Å². The third-order valence-corrected chi connectivity index (χ3v) is 6.53. The van der Waals surface area contributed by atoms with Crippen molar-refractivity contribution >= 4 is 17.4 Å². The molecule has 7 nitrogen and oxygen atoms in total. The van der Waals surface area contributed by atoms with Crippen molar-refractivity contribution in [3.8, 4) is 10.6 Å². The molecular weight excluding hydrogens is 372 g/mol. The van der Waals surface area contributed by atoms with E-state index in [1.807, 2.05) is 48.6 Å². The van der Waals surface area contributed by atoms with Crippen molar-refractivity contribution in [3.05, 3.63) is 53.1 Å². The fourth-order valence-electron chi connectivity index (χ4n) is 3.72. The van der Waals surface area contributed by atoms with Crippen LogP contribution in [0.5, 0.6) is 0 Å². The van der Waals surface area contributed by atoms with Gasteiger partial charge in [0, 0.05) is 19.2 Å². The van der Waals surface area contributed by atoms with E-state index in [0.29, 0.717) is 0 Å². The van der Waals surface area contributed by atoms with Crippen molar-refractivity contribution < 1.29 is 4.79 Å². The third-order valence-electron chi connectivity index (χ3n) is 5.14. The maximum atomic E-state index is 13.0. The molecule has 2 unspecified atom stereocenters. The highest BCUT2D eigenvalue weighted by molar-refractivity contribution is 7.15. The smallest absolute Gasteiger partial charge is 0.318 e. The van der Waals surface area contributed by atoms with Gasteiger partial charge in [0.1, 0.15) is 11.3 Å². The summed E-state index contributed by atoms with van der Waals surface area (Å²) < 4.78 is 1.89. The zero-order valence-electron chi connectivity index (χ0n) is 16.3. The summed E-state index contributed by atoms with van der Waals surface area (Å²) in [5.41, 5.74) is 2.06. The molecular formula is C20H24N6OS. The van der Waals surface area contributed by atoms with E-state index in [-0.39, 0.29) is 18.1 Å². The van der Waals surface area contributed by atoms with Crippen LogP contribution < -0.4 is 5.32 Å². The zero-order chi connectivity index (χ0) is 19.7. The number of hydrogen-bond donors (Lipinski definition) is 1. The molecule has 0 bridgehead atoms. The topological polar surface area (TPSA) is 75.9 Å². The van der Waals surface area contributed by atoms with Gasteiger partial charge in [-0.25, -0.2) is 9.78 Å². The van der Waals surface area contributed by atoms with E-state index in [9.17, 15) is 4.79 Å². The summed E-state index contributed by atoms with van der Waals surface area (Å²) in [6.07, 6.45) is 3.56. The molecule has 2 atom stereocenters. The van der Waals surface area contributed by atoms with Gasteiger partial charge in [0.05, 0.1) is 22.7 Å². The monoisotopic (exact) mass is 396 g/mol. The minimum atomic E-state index is -0.108. The number of aromatic nitrogens is 4. The van der Waals surface area contributed by atoms with Crippen LogP contribution in [0.1, 0.15) is 48.2 Å². The van der Waals surface area contributed by atoms with Gasteiger partial charge in [-0.15, -0.1) is 21.5 Å². The Morgan fingerprint density at radius 1 is 1.32 bits per heavy atom. The van der Waals surface area contributed by atoms with Gasteiger partial charge in [-0.2, -0.15) is 0 Å². The van der Waals surface area contributed by atoms with Crippen LogP contribution in [-0.4, -0.2) is 37.2 Å². The van der Waals surface area contributed by atoms with Crippen LogP contribution in [-0.2, 0) is 7.05 Å². The number of nitrogens with zero attached hydrogens (tertiary/aromatic N) is 5. The summed E-state index contributed by atoms with van der Waals surface area (Å²) in [7, 11) is 1.91. The lowest BCUT2D eigenvalue weighted by atomic mass is 10.2. The first-order valence-electron chi connectivity index (χ1n) is 9.48. The molecule has 1 aromatic carbocycles. The first-order valence-corrected chi connectivity index (χ1v) is 10.3. The number of likely N-dealkylation sites (tertiary alicyclic amines) is 1. The van der Waals surface area contributed by atoms with E-state index in [1.165, 1.54) is 0 Å². The predicted molar refractivity (Wildman–Crippen MR) is 109 cm³/mol. The second-order valence-corrected chi connectivity index (χ2v) is 8.19. The van der Waals surface area contributed by atoms with Crippen LogP contribution in [0.25, 0.3) is 10.6 Å². The fraction of sp³-hybridized carbons (Fsp3) is 0.400. The van der Waals surface area contributed by atoms with E-state index in [1.54, 1.807) is 17.7 Å². The Labute approximate surface area is 168 Å². The molecule has 4 rings (SSSR count). The lowest BCUT2D eigenvalue weighted by Gasteiger charge is -2.26. The minimum absolute atomic E-state index is 0.0258. The molecule has 0 spiro atoms. The Balaban J connectivity index is 1.49. The second-order valence-electron chi connectivity index (χ2n) is 7.16. The molecule has 0 saturated carbocycles. The predicted octanol–water partition coefficient (Wildman–Crippen LogP) is 3.85. The summed E-state index contributed by atoms with van der Waals surface area (Å²) in [6.45, 7) is 4.74. The molecule has 146 valence electrons. The zero-order valence-corrected chi connectivity index (χ0v) is 17.1. The molecule has 1 aliphatic rings. The molecule has 0 aliphatic carbocycles. The van der Waals surface area contributed by atoms with Crippen LogP contribution >= 0.6 is 11.3 Å². The SMILES string of the molecule is Cc1nc(-c2ccccc2)sc1C(C)NC(=O)N1CCCC1c1nncn1C. The number of rotatable bonds is 4. The standard InChI is InChI=1S/C20H24N6OS/c1-13-17(28-19(22-13)15-8-5-4-6-9-15)14(2)23-20(27)26-11-7-10-16(26)18-24-21-12-25(18)3/h4-6,8-9,12,14,16H,7,10-11H2,1-3H3,(H,23,27). The van der Waals surface area contributed by atoms with E-state index < -0.39 is 0 Å². The average molecular weight is 397 g/mol. The van der Waals surface area contributed by atoms with E-state index >= 15 is 0 Å². The fourth-order valence-corrected chi connectivity index (χ4v) is 4.79. The number of carbonyl (C=O) groups excluding carboxylic acids is 1. The third kappa shape index (κ3) is 3.52. The van der Waals surface area contributed by atoms with Gasteiger partial charge in [-0.3, -0.25) is 0 Å². The van der Waals surface area contributed by atoms with Gasteiger partial charge in [-0.1, -0.05) is 30.3 Å². The van der Waals surface area contributed by atoms with Crippen molar-refractivity contribution in [3.63, 3.8) is 0 Å². The van der Waals surface area contributed by atoms with Crippen molar-refractivity contribution in [2.45, 2.75) is 38.8 Å². The molecule has 1 N–H and O–H groups in total. The molecule has 28 heavy (non-hydrogen) atoms. The number of aryl methyl sites for hydroxylation is 2. The number of amides is 2. The van der Waals surface area contributed by atoms with Crippen molar-refractivity contribution in [1.82, 2.24) is 30.0 Å². The average Bonchev–Trinajstić information content (AvgIpc) is 3.41. The lowest BCUT2D eigenvalue weighted by molar-refractivity contribution is 0.187. The normalized spacial score (nSPS) is 17.7. The quantitative estimate of drug-likeness (QED) is 0.727. The molecule has 1 aliphatic heterocycles. The van der Waals surface area contributed by atoms with Crippen molar-refractivity contribution in [2.24, 2.45) is 7.05 Å². The second kappa shape index (κ2) is 7.71. The number of benzene rings is 1. The lowest BCUT2D eigenvalue weighted by Crippen LogP contribution is -2.41. The molecule has 1 fully saturated rings. The van der Waals surface area contributed by atoms with Crippen LogP contribution in [0.3, 0.4) is 0 Å². The number of hydrogen-bond acceptors (Lipinski definition) is 5. The number of nitrogens with one attached hydrogen (secondary N) is 1. The maximum absolute atomic E-state index is 13.0. The van der Waals surface area contributed by atoms with Crippen LogP contribution in [0.15, 0.2) is 36.7 Å². The van der Waals surface area contributed by atoms with Crippen molar-refractivity contribution in [1.29, 1.82) is 0 Å². The van der Waals surface area contributed by atoms with Gasteiger partial charge in [0.25, 0.3) is 0 Å². The number of thiazole rings is 1. The molecule has 2 amide bonds. The summed E-state index contributed by atoms with van der Waals surface area (Å²) in [5.74, 6) is 0.834. The molecule has 0 radical (unpaired) electrons. The Morgan fingerprint density at radius 2 is 2.11 bits per heavy atom. The minimum Gasteiger partial charge on any atom is -0.331 e. The first-order chi connectivity index (χ1) is 13.5. The van der Waals surface area contributed by atoms with Crippen LogP contribution in [0.2, 0.25) is 0 Å². The Hall–Kier alpha value is -2.74. The molecule has 3 heterocycles. The van der Waals surface area contributed by atoms with Gasteiger partial charge < -0.3 is 14.8 Å². The first kappa shape index (κ1) is 18.6. The molecule has 1 saturated heterocycles. The van der Waals surface area contributed by atoms with E-state index in [0.717, 1.165) is 46.4 Å². The van der Waals surface area contributed by atoms with Crippen molar-refractivity contribution in [2.75, 3.05) is 6.54 Å². The van der Waals surface area contributed by atoms with Crippen LogP contribution in [0.4, 0.5) is 4.79 Å². The molecule has 3 aromatic rings. The largest absolute Gasteiger partial charge is 0.331 e.